The molecule has 0 bridgehead atoms. The van der Waals surface area contributed by atoms with Crippen LogP contribution < -0.4 is 10.1 Å². The van der Waals surface area contributed by atoms with E-state index in [1.807, 2.05) is 18.7 Å². The van der Waals surface area contributed by atoms with E-state index in [-0.39, 0.29) is 29.5 Å². The summed E-state index contributed by atoms with van der Waals surface area (Å²) in [6, 6.07) is 3.43. The van der Waals surface area contributed by atoms with Crippen LogP contribution >= 0.6 is 0 Å². The molecule has 1 N–H and O–H groups in total. The fourth-order valence-corrected chi connectivity index (χ4v) is 4.32. The van der Waals surface area contributed by atoms with Crippen LogP contribution in [-0.4, -0.2) is 62.3 Å². The van der Waals surface area contributed by atoms with Crippen LogP contribution in [0.1, 0.15) is 37.8 Å². The number of hydrogen-bond acceptors (Lipinski definition) is 6. The van der Waals surface area contributed by atoms with E-state index < -0.39 is 12.8 Å². The highest BCUT2D eigenvalue weighted by molar-refractivity contribution is 6.00. The third kappa shape index (κ3) is 6.55. The fraction of sp³-hybridized carbons (Fsp3) is 0.480. The molecule has 4 heterocycles. The Morgan fingerprint density at radius 3 is 2.59 bits per heavy atom. The van der Waals surface area contributed by atoms with Gasteiger partial charge in [-0.05, 0) is 37.5 Å². The molecular formula is C25H29F3N6O3. The van der Waals surface area contributed by atoms with Crippen molar-refractivity contribution in [2.75, 3.05) is 25.0 Å². The summed E-state index contributed by atoms with van der Waals surface area (Å²) in [4.78, 5) is 35.3. The van der Waals surface area contributed by atoms with Gasteiger partial charge in [0.05, 0.1) is 17.4 Å². The Bertz CT molecular complexity index is 1280. The lowest BCUT2D eigenvalue weighted by atomic mass is 9.95. The van der Waals surface area contributed by atoms with Gasteiger partial charge in [0.2, 0.25) is 17.7 Å². The van der Waals surface area contributed by atoms with Gasteiger partial charge in [-0.15, -0.1) is 0 Å². The highest BCUT2D eigenvalue weighted by atomic mass is 19.4. The van der Waals surface area contributed by atoms with Crippen LogP contribution in [0.2, 0.25) is 0 Å². The number of alkyl halides is 3. The molecule has 3 aromatic rings. The number of carbonyl (C=O) groups excluding carboxylic acids is 2. The van der Waals surface area contributed by atoms with Gasteiger partial charge in [0, 0.05) is 49.1 Å². The number of piperidine rings is 1. The van der Waals surface area contributed by atoms with Crippen molar-refractivity contribution < 1.29 is 27.5 Å². The van der Waals surface area contributed by atoms with E-state index in [2.05, 4.69) is 20.4 Å². The molecule has 0 unspecified atom stereocenters. The average molecular weight is 519 g/mol. The van der Waals surface area contributed by atoms with E-state index in [4.69, 9.17) is 4.74 Å². The van der Waals surface area contributed by atoms with Gasteiger partial charge in [-0.1, -0.05) is 13.8 Å². The lowest BCUT2D eigenvalue weighted by Gasteiger charge is -2.32. The number of fused-ring (bicyclic) bond motifs is 1. The maximum absolute atomic E-state index is 12.9. The maximum atomic E-state index is 12.9. The minimum Gasteiger partial charge on any atom is -0.468 e. The number of likely N-dealkylation sites (tertiary alicyclic amines) is 1. The number of amides is 2. The topological polar surface area (TPSA) is 102 Å². The molecule has 1 aliphatic heterocycles. The number of aromatic nitrogens is 4. The highest BCUT2D eigenvalue weighted by Gasteiger charge is 2.30. The normalized spacial score (nSPS) is 14.8. The minimum atomic E-state index is -4.44. The second-order valence-electron chi connectivity index (χ2n) is 9.53. The minimum absolute atomic E-state index is 0.0657. The van der Waals surface area contributed by atoms with Gasteiger partial charge in [-0.3, -0.25) is 14.3 Å². The van der Waals surface area contributed by atoms with Crippen molar-refractivity contribution >= 4 is 28.5 Å². The third-order valence-electron chi connectivity index (χ3n) is 6.20. The molecule has 37 heavy (non-hydrogen) atoms. The number of hydrogen-bond donors (Lipinski definition) is 1. The summed E-state index contributed by atoms with van der Waals surface area (Å²) in [5, 5.41) is 8.11. The van der Waals surface area contributed by atoms with Gasteiger partial charge in [0.25, 0.3) is 0 Å². The molecule has 0 radical (unpaired) electrons. The standard InChI is InChI=1S/C25H29F3N6O3/c1-15(2)24(36)33-8-5-18(6-9-33)22(35)31-21-19-13-34(32-20(19)4-7-29-21)12-17-10-16(3)23(30-11-17)37-14-25(26,27)28/h4,7,10-11,13,15,18H,5-6,8-9,12,14H2,1-3H3,(H,29,31,35). The quantitative estimate of drug-likeness (QED) is 0.508. The summed E-state index contributed by atoms with van der Waals surface area (Å²) in [6.45, 7) is 5.39. The number of ether oxygens (including phenoxy) is 1. The molecule has 3 aromatic heterocycles. The van der Waals surface area contributed by atoms with E-state index in [0.717, 1.165) is 5.56 Å². The van der Waals surface area contributed by atoms with Gasteiger partial charge < -0.3 is 15.0 Å². The van der Waals surface area contributed by atoms with Crippen molar-refractivity contribution in [1.82, 2.24) is 24.6 Å². The second-order valence-corrected chi connectivity index (χ2v) is 9.53. The zero-order valence-electron chi connectivity index (χ0n) is 20.9. The van der Waals surface area contributed by atoms with Crippen LogP contribution in [0.5, 0.6) is 5.88 Å². The lowest BCUT2D eigenvalue weighted by Crippen LogP contribution is -2.43. The largest absolute Gasteiger partial charge is 0.468 e. The average Bonchev–Trinajstić information content (AvgIpc) is 3.26. The molecule has 2 amide bonds. The van der Waals surface area contributed by atoms with Crippen LogP contribution in [0, 0.1) is 18.8 Å². The Kier molecular flexibility index (Phi) is 7.65. The number of nitrogens with one attached hydrogen (secondary N) is 1. The molecule has 0 spiro atoms. The van der Waals surface area contributed by atoms with E-state index in [0.29, 0.717) is 54.8 Å². The molecule has 198 valence electrons. The summed E-state index contributed by atoms with van der Waals surface area (Å²) in [5.41, 5.74) is 1.84. The van der Waals surface area contributed by atoms with Crippen molar-refractivity contribution in [3.05, 3.63) is 41.9 Å². The number of pyridine rings is 2. The van der Waals surface area contributed by atoms with Gasteiger partial charge in [0.15, 0.2) is 6.61 Å². The van der Waals surface area contributed by atoms with Crippen molar-refractivity contribution in [3.8, 4) is 5.88 Å². The van der Waals surface area contributed by atoms with Crippen LogP contribution in [-0.2, 0) is 16.1 Å². The first kappa shape index (κ1) is 26.4. The van der Waals surface area contributed by atoms with Crippen LogP contribution in [0.3, 0.4) is 0 Å². The van der Waals surface area contributed by atoms with Gasteiger partial charge in [0.1, 0.15) is 5.82 Å². The zero-order chi connectivity index (χ0) is 26.7. The van der Waals surface area contributed by atoms with E-state index in [1.54, 1.807) is 36.1 Å². The van der Waals surface area contributed by atoms with E-state index in [1.165, 1.54) is 6.20 Å². The third-order valence-corrected chi connectivity index (χ3v) is 6.20. The summed E-state index contributed by atoms with van der Waals surface area (Å²) in [5.74, 6) is 0.0182. The molecule has 1 saturated heterocycles. The second kappa shape index (κ2) is 10.7. The lowest BCUT2D eigenvalue weighted by molar-refractivity contribution is -0.154. The van der Waals surface area contributed by atoms with Gasteiger partial charge in [-0.2, -0.15) is 18.3 Å². The Balaban J connectivity index is 1.41. The maximum Gasteiger partial charge on any atom is 0.422 e. The zero-order valence-corrected chi connectivity index (χ0v) is 20.9. The Labute approximate surface area is 212 Å². The Hall–Kier alpha value is -3.70. The SMILES string of the molecule is Cc1cc(Cn2cc3c(NC(=O)C4CCN(C(=O)C(C)C)CC4)nccc3n2)cnc1OCC(F)(F)F. The number of carbonyl (C=O) groups is 2. The van der Waals surface area contributed by atoms with Crippen LogP contribution in [0.25, 0.3) is 10.9 Å². The number of halogens is 3. The molecule has 1 aliphatic rings. The predicted molar refractivity (Wildman–Crippen MR) is 130 cm³/mol. The first-order chi connectivity index (χ1) is 17.5. The monoisotopic (exact) mass is 518 g/mol. The Morgan fingerprint density at radius 1 is 1.22 bits per heavy atom. The molecule has 4 rings (SSSR count). The van der Waals surface area contributed by atoms with Crippen molar-refractivity contribution in [2.24, 2.45) is 11.8 Å². The smallest absolute Gasteiger partial charge is 0.422 e. The Morgan fingerprint density at radius 2 is 1.95 bits per heavy atom. The first-order valence-corrected chi connectivity index (χ1v) is 12.1. The van der Waals surface area contributed by atoms with Crippen LogP contribution in [0.15, 0.2) is 30.7 Å². The van der Waals surface area contributed by atoms with Crippen molar-refractivity contribution in [2.45, 2.75) is 46.3 Å². The molecule has 0 atom stereocenters. The molecule has 12 heteroatoms. The van der Waals surface area contributed by atoms with Gasteiger partial charge >= 0.3 is 6.18 Å². The number of aryl methyl sites for hydroxylation is 1. The molecule has 0 aliphatic carbocycles. The van der Waals surface area contributed by atoms with E-state index in [9.17, 15) is 22.8 Å². The molecule has 9 nitrogen and oxygen atoms in total. The predicted octanol–water partition coefficient (Wildman–Crippen LogP) is 3.96. The number of rotatable bonds is 7. The summed E-state index contributed by atoms with van der Waals surface area (Å²) in [7, 11) is 0. The van der Waals surface area contributed by atoms with E-state index >= 15 is 0 Å². The fourth-order valence-electron chi connectivity index (χ4n) is 4.32. The number of anilines is 1. The van der Waals surface area contributed by atoms with Gasteiger partial charge in [-0.25, -0.2) is 9.97 Å². The van der Waals surface area contributed by atoms with Crippen molar-refractivity contribution in [1.29, 1.82) is 0 Å². The summed E-state index contributed by atoms with van der Waals surface area (Å²) in [6.07, 6.45) is 1.52. The summed E-state index contributed by atoms with van der Waals surface area (Å²) >= 11 is 0. The molecule has 0 saturated carbocycles. The molecule has 1 fully saturated rings. The molecular weight excluding hydrogens is 489 g/mol. The van der Waals surface area contributed by atoms with Crippen LogP contribution in [0.4, 0.5) is 19.0 Å². The van der Waals surface area contributed by atoms with Crippen molar-refractivity contribution in [3.63, 3.8) is 0 Å². The molecule has 0 aromatic carbocycles. The summed E-state index contributed by atoms with van der Waals surface area (Å²) < 4.78 is 43.7. The number of nitrogens with zero attached hydrogens (tertiary/aromatic N) is 5. The first-order valence-electron chi connectivity index (χ1n) is 12.1. The highest BCUT2D eigenvalue weighted by Crippen LogP contribution is 2.25.